The van der Waals surface area contributed by atoms with Crippen LogP contribution in [0.1, 0.15) is 42.9 Å². The predicted octanol–water partition coefficient (Wildman–Crippen LogP) is 1.23. The van der Waals surface area contributed by atoms with Crippen LogP contribution in [0.4, 0.5) is 0 Å². The molecule has 1 aromatic rings. The number of hydrogen-bond acceptors (Lipinski definition) is 5. The minimum absolute atomic E-state index is 0.199. The molecule has 1 atom stereocenters. The number of likely N-dealkylation sites (tertiary alicyclic amines) is 1. The molecule has 1 N–H and O–H groups in total. The Morgan fingerprint density at radius 1 is 1.53 bits per heavy atom. The zero-order valence-electron chi connectivity index (χ0n) is 11.8. The Morgan fingerprint density at radius 3 is 2.95 bits per heavy atom. The minimum Gasteiger partial charge on any atom is -0.349 e. The van der Waals surface area contributed by atoms with Gasteiger partial charge in [-0.3, -0.25) is 9.69 Å². The number of carbonyl (C=O) groups excluding carboxylic acids is 1. The van der Waals surface area contributed by atoms with E-state index in [4.69, 9.17) is 0 Å². The van der Waals surface area contributed by atoms with Crippen LogP contribution in [0.5, 0.6) is 0 Å². The smallest absolute Gasteiger partial charge is 0.275 e. The van der Waals surface area contributed by atoms with E-state index in [0.29, 0.717) is 24.2 Å². The minimum atomic E-state index is -0.199. The molecule has 1 aliphatic heterocycles. The fourth-order valence-electron chi connectivity index (χ4n) is 2.57. The van der Waals surface area contributed by atoms with E-state index in [-0.39, 0.29) is 11.6 Å². The highest BCUT2D eigenvalue weighted by Gasteiger charge is 2.26. The van der Waals surface area contributed by atoms with Crippen LogP contribution in [0.25, 0.3) is 0 Å². The third kappa shape index (κ3) is 3.53. The van der Waals surface area contributed by atoms with E-state index in [1.54, 1.807) is 6.92 Å². The molecule has 6 nitrogen and oxygen atoms in total. The molecule has 1 fully saturated rings. The molecule has 0 bridgehead atoms. The molecule has 19 heavy (non-hydrogen) atoms. The van der Waals surface area contributed by atoms with Crippen molar-refractivity contribution >= 4 is 5.91 Å². The zero-order valence-corrected chi connectivity index (χ0v) is 11.8. The van der Waals surface area contributed by atoms with E-state index in [2.05, 4.69) is 39.0 Å². The maximum Gasteiger partial charge on any atom is 0.275 e. The third-order valence-corrected chi connectivity index (χ3v) is 3.46. The number of nitrogens with one attached hydrogen (secondary N) is 1. The monoisotopic (exact) mass is 266 g/mol. The molecule has 2 rings (SSSR count). The number of aromatic nitrogens is 2. The molecule has 1 amide bonds. The van der Waals surface area contributed by atoms with Crippen LogP contribution in [-0.4, -0.2) is 46.8 Å². The van der Waals surface area contributed by atoms with Gasteiger partial charge in [-0.15, -0.1) is 0 Å². The molecule has 106 valence electrons. The highest BCUT2D eigenvalue weighted by molar-refractivity contribution is 5.92. The molecule has 1 aliphatic rings. The molecule has 6 heteroatoms. The first-order valence-electron chi connectivity index (χ1n) is 6.89. The molecule has 0 unspecified atom stereocenters. The van der Waals surface area contributed by atoms with Crippen LogP contribution in [0.3, 0.4) is 0 Å². The first-order valence-corrected chi connectivity index (χ1v) is 6.89. The summed E-state index contributed by atoms with van der Waals surface area (Å²) >= 11 is 0. The van der Waals surface area contributed by atoms with Gasteiger partial charge >= 0.3 is 0 Å². The first-order chi connectivity index (χ1) is 9.08. The number of nitrogens with zero attached hydrogens (tertiary/aromatic N) is 3. The van der Waals surface area contributed by atoms with E-state index < -0.39 is 0 Å². The Balaban J connectivity index is 1.85. The van der Waals surface area contributed by atoms with Crippen LogP contribution in [-0.2, 0) is 0 Å². The van der Waals surface area contributed by atoms with Crippen molar-refractivity contribution in [3.8, 4) is 0 Å². The second kappa shape index (κ2) is 6.14. The Bertz CT molecular complexity index is 430. The van der Waals surface area contributed by atoms with Gasteiger partial charge in [0.2, 0.25) is 0 Å². The summed E-state index contributed by atoms with van der Waals surface area (Å²) < 4.78 is 4.54. The Kier molecular flexibility index (Phi) is 4.52. The molecule has 1 saturated heterocycles. The van der Waals surface area contributed by atoms with Crippen molar-refractivity contribution in [1.29, 1.82) is 0 Å². The molecule has 2 heterocycles. The molecule has 0 aromatic carbocycles. The van der Waals surface area contributed by atoms with Crippen LogP contribution in [0.15, 0.2) is 4.63 Å². The molecule has 0 radical (unpaired) electrons. The van der Waals surface area contributed by atoms with E-state index >= 15 is 0 Å². The second-order valence-electron chi connectivity index (χ2n) is 5.59. The lowest BCUT2D eigenvalue weighted by atomic mass is 10.1. The van der Waals surface area contributed by atoms with Crippen molar-refractivity contribution in [3.63, 3.8) is 0 Å². The van der Waals surface area contributed by atoms with Gasteiger partial charge in [-0.05, 0) is 37.4 Å². The lowest BCUT2D eigenvalue weighted by molar-refractivity contribution is 0.0929. The number of hydrogen-bond donors (Lipinski definition) is 1. The highest BCUT2D eigenvalue weighted by atomic mass is 16.6. The van der Waals surface area contributed by atoms with Gasteiger partial charge in [-0.2, -0.15) is 0 Å². The van der Waals surface area contributed by atoms with E-state index in [1.807, 2.05) is 0 Å². The topological polar surface area (TPSA) is 71.3 Å². The van der Waals surface area contributed by atoms with Crippen molar-refractivity contribution in [2.45, 2.75) is 39.7 Å². The van der Waals surface area contributed by atoms with Gasteiger partial charge in [0.15, 0.2) is 5.69 Å². The largest absolute Gasteiger partial charge is 0.349 e. The molecule has 0 spiro atoms. The Morgan fingerprint density at radius 2 is 2.32 bits per heavy atom. The average molecular weight is 266 g/mol. The van der Waals surface area contributed by atoms with Crippen molar-refractivity contribution in [2.75, 3.05) is 19.6 Å². The lowest BCUT2D eigenvalue weighted by Gasteiger charge is -2.26. The summed E-state index contributed by atoms with van der Waals surface area (Å²) in [4.78, 5) is 14.4. The fourth-order valence-corrected chi connectivity index (χ4v) is 2.57. The van der Waals surface area contributed by atoms with Crippen LogP contribution in [0.2, 0.25) is 0 Å². The van der Waals surface area contributed by atoms with Crippen LogP contribution in [0, 0.1) is 12.8 Å². The molecular weight excluding hydrogens is 244 g/mol. The summed E-state index contributed by atoms with van der Waals surface area (Å²) in [6, 6.07) is 0.437. The summed E-state index contributed by atoms with van der Waals surface area (Å²) in [5.74, 6) is 0.452. The number of aryl methyl sites for hydroxylation is 1. The van der Waals surface area contributed by atoms with E-state index in [1.165, 1.54) is 6.42 Å². The molecule has 0 saturated carbocycles. The van der Waals surface area contributed by atoms with Gasteiger partial charge in [-0.1, -0.05) is 19.0 Å². The normalized spacial score (nSPS) is 20.1. The Labute approximate surface area is 113 Å². The zero-order chi connectivity index (χ0) is 13.8. The van der Waals surface area contributed by atoms with Gasteiger partial charge in [0.1, 0.15) is 5.69 Å². The van der Waals surface area contributed by atoms with Crippen LogP contribution >= 0.6 is 0 Å². The maximum absolute atomic E-state index is 11.9. The highest BCUT2D eigenvalue weighted by Crippen LogP contribution is 2.18. The van der Waals surface area contributed by atoms with Gasteiger partial charge in [0.05, 0.1) is 0 Å². The van der Waals surface area contributed by atoms with Crippen molar-refractivity contribution < 1.29 is 9.42 Å². The quantitative estimate of drug-likeness (QED) is 0.868. The van der Waals surface area contributed by atoms with Crippen molar-refractivity contribution in [1.82, 2.24) is 20.5 Å². The second-order valence-corrected chi connectivity index (χ2v) is 5.59. The van der Waals surface area contributed by atoms with Crippen LogP contribution < -0.4 is 5.32 Å². The third-order valence-electron chi connectivity index (χ3n) is 3.46. The van der Waals surface area contributed by atoms with Crippen molar-refractivity contribution in [3.05, 3.63) is 11.4 Å². The number of rotatable bonds is 5. The van der Waals surface area contributed by atoms with E-state index in [0.717, 1.165) is 19.5 Å². The van der Waals surface area contributed by atoms with Crippen molar-refractivity contribution in [2.24, 2.45) is 5.92 Å². The lowest BCUT2D eigenvalue weighted by Crippen LogP contribution is -2.41. The summed E-state index contributed by atoms with van der Waals surface area (Å²) in [5, 5.41) is 10.2. The molecule has 1 aromatic heterocycles. The van der Waals surface area contributed by atoms with E-state index in [9.17, 15) is 4.79 Å². The number of carbonyl (C=O) groups is 1. The SMILES string of the molecule is Cc1nonc1C(=O)NC[C@H]1CCCN1CC(C)C. The summed E-state index contributed by atoms with van der Waals surface area (Å²) in [7, 11) is 0. The van der Waals surface area contributed by atoms with Gasteiger partial charge < -0.3 is 5.32 Å². The summed E-state index contributed by atoms with van der Waals surface area (Å²) in [5.41, 5.74) is 0.816. The standard InChI is InChI=1S/C13H22N4O2/c1-9(2)8-17-6-4-5-11(17)7-14-13(18)12-10(3)15-19-16-12/h9,11H,4-8H2,1-3H3,(H,14,18)/t11-/m1/s1. The van der Waals surface area contributed by atoms with Gasteiger partial charge in [0.25, 0.3) is 5.91 Å². The fraction of sp³-hybridized carbons (Fsp3) is 0.769. The summed E-state index contributed by atoms with van der Waals surface area (Å²) in [6.45, 7) is 9.04. The van der Waals surface area contributed by atoms with Gasteiger partial charge in [-0.25, -0.2) is 4.63 Å². The Hall–Kier alpha value is -1.43. The predicted molar refractivity (Wildman–Crippen MR) is 70.8 cm³/mol. The first kappa shape index (κ1) is 14.0. The van der Waals surface area contributed by atoms with Gasteiger partial charge in [0, 0.05) is 19.1 Å². The molecule has 0 aliphatic carbocycles. The average Bonchev–Trinajstić information content (AvgIpc) is 2.94. The number of amides is 1. The molecular formula is C13H22N4O2. The maximum atomic E-state index is 11.9. The summed E-state index contributed by atoms with van der Waals surface area (Å²) in [6.07, 6.45) is 2.35.